The van der Waals surface area contributed by atoms with Crippen molar-refractivity contribution >= 4 is 6.72 Å². The highest BCUT2D eigenvalue weighted by Crippen LogP contribution is 2.13. The van der Waals surface area contributed by atoms with Gasteiger partial charge in [0.25, 0.3) is 0 Å². The summed E-state index contributed by atoms with van der Waals surface area (Å²) in [5, 5.41) is 0. The molecule has 0 spiro atoms. The summed E-state index contributed by atoms with van der Waals surface area (Å²) in [5.41, 5.74) is 2.27. The molecule has 56 valence electrons. The number of hydrogen-bond donors (Lipinski definition) is 0. The van der Waals surface area contributed by atoms with Gasteiger partial charge >= 0.3 is 0 Å². The van der Waals surface area contributed by atoms with E-state index >= 15 is 0 Å². The second kappa shape index (κ2) is 4.98. The first-order chi connectivity index (χ1) is 4.79. The third-order valence-electron chi connectivity index (χ3n) is 1.52. The summed E-state index contributed by atoms with van der Waals surface area (Å²) in [6.07, 6.45) is 3.79. The van der Waals surface area contributed by atoms with E-state index in [9.17, 15) is 0 Å². The van der Waals surface area contributed by atoms with Crippen molar-refractivity contribution in [1.82, 2.24) is 0 Å². The SMILES string of the molecule is C=C/C(CC)=C(/CC)N=C. The second-order valence-corrected chi connectivity index (χ2v) is 2.04. The number of nitrogens with zero attached hydrogens (tertiary/aromatic N) is 1. The third kappa shape index (κ3) is 2.18. The Bertz CT molecular complexity index is 136. The van der Waals surface area contributed by atoms with E-state index in [1.54, 1.807) is 0 Å². The normalized spacial score (nSPS) is 12.2. The summed E-state index contributed by atoms with van der Waals surface area (Å²) < 4.78 is 0. The molecule has 0 aromatic rings. The van der Waals surface area contributed by atoms with Gasteiger partial charge in [0.2, 0.25) is 0 Å². The quantitative estimate of drug-likeness (QED) is 0.417. The smallest absolute Gasteiger partial charge is 0.0425 e. The van der Waals surface area contributed by atoms with Gasteiger partial charge in [0.15, 0.2) is 0 Å². The molecule has 1 nitrogen and oxygen atoms in total. The zero-order chi connectivity index (χ0) is 7.98. The molecule has 0 saturated heterocycles. The summed E-state index contributed by atoms with van der Waals surface area (Å²) in [6, 6.07) is 0. The van der Waals surface area contributed by atoms with E-state index in [1.165, 1.54) is 5.57 Å². The van der Waals surface area contributed by atoms with E-state index in [4.69, 9.17) is 0 Å². The van der Waals surface area contributed by atoms with Gasteiger partial charge in [-0.1, -0.05) is 26.5 Å². The predicted molar refractivity (Wildman–Crippen MR) is 47.4 cm³/mol. The van der Waals surface area contributed by atoms with Crippen LogP contribution in [0.3, 0.4) is 0 Å². The molecular weight excluding hydrogens is 122 g/mol. The van der Waals surface area contributed by atoms with E-state index in [0.717, 1.165) is 18.5 Å². The van der Waals surface area contributed by atoms with E-state index in [0.29, 0.717) is 0 Å². The zero-order valence-electron chi connectivity index (χ0n) is 6.85. The first-order valence-corrected chi connectivity index (χ1v) is 3.61. The maximum absolute atomic E-state index is 3.91. The second-order valence-electron chi connectivity index (χ2n) is 2.04. The molecule has 0 unspecified atom stereocenters. The molecule has 0 radical (unpaired) electrons. The number of allylic oxidation sites excluding steroid dienone is 3. The fourth-order valence-corrected chi connectivity index (χ4v) is 0.907. The van der Waals surface area contributed by atoms with Gasteiger partial charge in [0.05, 0.1) is 0 Å². The lowest BCUT2D eigenvalue weighted by atomic mass is 10.1. The van der Waals surface area contributed by atoms with Gasteiger partial charge in [-0.25, -0.2) is 0 Å². The molecule has 0 aliphatic carbocycles. The highest BCUT2D eigenvalue weighted by Gasteiger charge is 1.94. The minimum absolute atomic E-state index is 0.943. The maximum atomic E-state index is 3.91. The molecule has 0 N–H and O–H groups in total. The van der Waals surface area contributed by atoms with Gasteiger partial charge in [0, 0.05) is 5.70 Å². The Balaban J connectivity index is 4.50. The molecule has 0 saturated carbocycles. The summed E-state index contributed by atoms with van der Waals surface area (Å²) >= 11 is 0. The molecule has 0 aliphatic rings. The lowest BCUT2D eigenvalue weighted by molar-refractivity contribution is 0.999. The molecule has 10 heavy (non-hydrogen) atoms. The third-order valence-corrected chi connectivity index (χ3v) is 1.52. The van der Waals surface area contributed by atoms with E-state index < -0.39 is 0 Å². The highest BCUT2D eigenvalue weighted by molar-refractivity contribution is 5.33. The maximum Gasteiger partial charge on any atom is 0.0425 e. The number of aliphatic imine (C=N–C) groups is 1. The van der Waals surface area contributed by atoms with Crippen LogP contribution in [0.25, 0.3) is 0 Å². The van der Waals surface area contributed by atoms with Gasteiger partial charge in [-0.2, -0.15) is 0 Å². The Morgan fingerprint density at radius 3 is 2.10 bits per heavy atom. The first kappa shape index (κ1) is 9.15. The molecule has 0 rings (SSSR count). The average Bonchev–Trinajstić information content (AvgIpc) is 2.00. The van der Waals surface area contributed by atoms with Crippen LogP contribution in [0.5, 0.6) is 0 Å². The summed E-state index contributed by atoms with van der Waals surface area (Å²) in [7, 11) is 0. The summed E-state index contributed by atoms with van der Waals surface area (Å²) in [5.74, 6) is 0. The van der Waals surface area contributed by atoms with Crippen LogP contribution in [0.1, 0.15) is 26.7 Å². The summed E-state index contributed by atoms with van der Waals surface area (Å²) in [6.45, 7) is 11.4. The lowest BCUT2D eigenvalue weighted by Gasteiger charge is -2.01. The van der Waals surface area contributed by atoms with Crippen molar-refractivity contribution in [3.63, 3.8) is 0 Å². The topological polar surface area (TPSA) is 12.4 Å². The van der Waals surface area contributed by atoms with Crippen LogP contribution >= 0.6 is 0 Å². The Morgan fingerprint density at radius 2 is 2.00 bits per heavy atom. The summed E-state index contributed by atoms with van der Waals surface area (Å²) in [4.78, 5) is 3.91. The number of hydrogen-bond acceptors (Lipinski definition) is 1. The molecule has 0 aromatic heterocycles. The van der Waals surface area contributed by atoms with Gasteiger partial charge in [0.1, 0.15) is 0 Å². The van der Waals surface area contributed by atoms with Gasteiger partial charge < -0.3 is 0 Å². The van der Waals surface area contributed by atoms with Crippen molar-refractivity contribution in [1.29, 1.82) is 0 Å². The fourth-order valence-electron chi connectivity index (χ4n) is 0.907. The Kier molecular flexibility index (Phi) is 4.55. The van der Waals surface area contributed by atoms with Crippen LogP contribution in [0.15, 0.2) is 28.9 Å². The molecule has 0 heterocycles. The Hall–Kier alpha value is -0.850. The van der Waals surface area contributed by atoms with Crippen LogP contribution < -0.4 is 0 Å². The van der Waals surface area contributed by atoms with Crippen LogP contribution in [-0.2, 0) is 0 Å². The van der Waals surface area contributed by atoms with E-state index in [1.807, 2.05) is 6.08 Å². The van der Waals surface area contributed by atoms with E-state index in [2.05, 4.69) is 32.1 Å². The van der Waals surface area contributed by atoms with Gasteiger partial charge in [-0.05, 0) is 25.1 Å². The average molecular weight is 137 g/mol. The van der Waals surface area contributed by atoms with Crippen LogP contribution in [0, 0.1) is 0 Å². The Morgan fingerprint density at radius 1 is 1.40 bits per heavy atom. The number of rotatable bonds is 4. The van der Waals surface area contributed by atoms with Crippen molar-refractivity contribution < 1.29 is 0 Å². The molecule has 0 amide bonds. The zero-order valence-corrected chi connectivity index (χ0v) is 6.85. The molecule has 0 bridgehead atoms. The standard InChI is InChI=1S/C9H15N/c1-5-8(6-2)9(7-3)10-4/h5H,1,4,6-7H2,2-3H3/b9-8+. The van der Waals surface area contributed by atoms with E-state index in [-0.39, 0.29) is 0 Å². The molecule has 0 atom stereocenters. The predicted octanol–water partition coefficient (Wildman–Crippen LogP) is 2.95. The van der Waals surface area contributed by atoms with Gasteiger partial charge in [-0.15, -0.1) is 0 Å². The minimum Gasteiger partial charge on any atom is -0.269 e. The molecule has 1 heteroatoms. The molecule has 0 aliphatic heterocycles. The van der Waals surface area contributed by atoms with Crippen molar-refractivity contribution in [2.75, 3.05) is 0 Å². The monoisotopic (exact) mass is 137 g/mol. The van der Waals surface area contributed by atoms with Crippen molar-refractivity contribution in [2.24, 2.45) is 4.99 Å². The molecular formula is C9H15N. The molecule has 0 aromatic carbocycles. The van der Waals surface area contributed by atoms with Crippen LogP contribution in [0.2, 0.25) is 0 Å². The molecule has 0 fully saturated rings. The Labute approximate surface area is 63.2 Å². The first-order valence-electron chi connectivity index (χ1n) is 3.61. The van der Waals surface area contributed by atoms with Crippen molar-refractivity contribution in [3.05, 3.63) is 23.9 Å². The van der Waals surface area contributed by atoms with Crippen molar-refractivity contribution in [2.45, 2.75) is 26.7 Å². The van der Waals surface area contributed by atoms with Crippen molar-refractivity contribution in [3.8, 4) is 0 Å². The fraction of sp³-hybridized carbons (Fsp3) is 0.444. The van der Waals surface area contributed by atoms with Gasteiger partial charge in [-0.3, -0.25) is 4.99 Å². The largest absolute Gasteiger partial charge is 0.269 e. The van der Waals surface area contributed by atoms with Crippen LogP contribution in [-0.4, -0.2) is 6.72 Å². The van der Waals surface area contributed by atoms with Crippen LogP contribution in [0.4, 0.5) is 0 Å². The highest BCUT2D eigenvalue weighted by atomic mass is 14.7. The lowest BCUT2D eigenvalue weighted by Crippen LogP contribution is -1.82. The minimum atomic E-state index is 0.943.